The minimum Gasteiger partial charge on any atom is -0.327 e. The monoisotopic (exact) mass is 328 g/mol. The lowest BCUT2D eigenvalue weighted by Gasteiger charge is -2.11. The van der Waals surface area contributed by atoms with Crippen LogP contribution in [-0.2, 0) is 12.8 Å². The highest BCUT2D eigenvalue weighted by Gasteiger charge is 2.10. The fraction of sp³-hybridized carbons (Fsp3) is 0.308. The standard InChI is InChI=1S/C13H14BrFN2S/c1-8-17-12(7-18-8)6-11(16)5-9-4-10(15)2-3-13(9)14/h2-4,7,11H,5-6,16H2,1H3. The van der Waals surface area contributed by atoms with Crippen LogP contribution in [0.2, 0.25) is 0 Å². The lowest BCUT2D eigenvalue weighted by molar-refractivity contribution is 0.615. The predicted molar refractivity (Wildman–Crippen MR) is 76.3 cm³/mol. The van der Waals surface area contributed by atoms with Gasteiger partial charge in [-0.1, -0.05) is 15.9 Å². The van der Waals surface area contributed by atoms with Crippen LogP contribution in [0, 0.1) is 12.7 Å². The first-order valence-electron chi connectivity index (χ1n) is 5.65. The van der Waals surface area contributed by atoms with Gasteiger partial charge in [0.05, 0.1) is 10.7 Å². The molecule has 0 spiro atoms. The van der Waals surface area contributed by atoms with Crippen molar-refractivity contribution in [2.45, 2.75) is 25.8 Å². The highest BCUT2D eigenvalue weighted by Crippen LogP contribution is 2.20. The molecule has 0 saturated heterocycles. The number of aryl methyl sites for hydroxylation is 1. The smallest absolute Gasteiger partial charge is 0.123 e. The Labute approximate surface area is 118 Å². The molecule has 0 aliphatic rings. The van der Waals surface area contributed by atoms with Crippen molar-refractivity contribution < 1.29 is 4.39 Å². The number of benzene rings is 1. The molecule has 5 heteroatoms. The summed E-state index contributed by atoms with van der Waals surface area (Å²) < 4.78 is 14.1. The topological polar surface area (TPSA) is 38.9 Å². The third-order valence-corrected chi connectivity index (χ3v) is 4.22. The van der Waals surface area contributed by atoms with Crippen LogP contribution in [0.4, 0.5) is 4.39 Å². The average Bonchev–Trinajstić information content (AvgIpc) is 2.69. The molecule has 1 heterocycles. The Balaban J connectivity index is 2.02. The van der Waals surface area contributed by atoms with Gasteiger partial charge in [-0.2, -0.15) is 0 Å². The average molecular weight is 329 g/mol. The van der Waals surface area contributed by atoms with E-state index in [9.17, 15) is 4.39 Å². The van der Waals surface area contributed by atoms with Crippen LogP contribution in [0.5, 0.6) is 0 Å². The van der Waals surface area contributed by atoms with E-state index in [1.165, 1.54) is 12.1 Å². The van der Waals surface area contributed by atoms with E-state index in [1.54, 1.807) is 17.4 Å². The van der Waals surface area contributed by atoms with Gasteiger partial charge in [0.2, 0.25) is 0 Å². The van der Waals surface area contributed by atoms with Crippen LogP contribution in [0.25, 0.3) is 0 Å². The largest absolute Gasteiger partial charge is 0.327 e. The van der Waals surface area contributed by atoms with Crippen molar-refractivity contribution in [1.82, 2.24) is 4.98 Å². The van der Waals surface area contributed by atoms with Gasteiger partial charge in [-0.15, -0.1) is 11.3 Å². The highest BCUT2D eigenvalue weighted by atomic mass is 79.9. The molecule has 18 heavy (non-hydrogen) atoms. The fourth-order valence-corrected chi connectivity index (χ4v) is 2.86. The minimum atomic E-state index is -0.232. The van der Waals surface area contributed by atoms with E-state index in [4.69, 9.17) is 5.73 Å². The van der Waals surface area contributed by atoms with Gasteiger partial charge in [0, 0.05) is 22.3 Å². The van der Waals surface area contributed by atoms with E-state index in [0.29, 0.717) is 12.8 Å². The van der Waals surface area contributed by atoms with Crippen molar-refractivity contribution in [3.05, 3.63) is 50.1 Å². The van der Waals surface area contributed by atoms with E-state index >= 15 is 0 Å². The van der Waals surface area contributed by atoms with E-state index in [0.717, 1.165) is 20.7 Å². The molecule has 0 fully saturated rings. The van der Waals surface area contributed by atoms with E-state index in [-0.39, 0.29) is 11.9 Å². The van der Waals surface area contributed by atoms with E-state index in [1.807, 2.05) is 12.3 Å². The molecule has 1 aromatic heterocycles. The molecule has 2 N–H and O–H groups in total. The molecule has 0 aliphatic carbocycles. The second-order valence-corrected chi connectivity index (χ2v) is 6.18. The molecule has 2 nitrogen and oxygen atoms in total. The summed E-state index contributed by atoms with van der Waals surface area (Å²) in [6, 6.07) is 4.62. The van der Waals surface area contributed by atoms with Crippen LogP contribution in [0.1, 0.15) is 16.3 Å². The van der Waals surface area contributed by atoms with Gasteiger partial charge in [0.1, 0.15) is 5.82 Å². The van der Waals surface area contributed by atoms with Gasteiger partial charge in [-0.05, 0) is 37.1 Å². The summed E-state index contributed by atoms with van der Waals surface area (Å²) in [5.74, 6) is -0.232. The molecule has 0 bridgehead atoms. The maximum absolute atomic E-state index is 13.2. The molecular formula is C13H14BrFN2S. The van der Waals surface area contributed by atoms with Gasteiger partial charge < -0.3 is 5.73 Å². The number of aromatic nitrogens is 1. The molecular weight excluding hydrogens is 315 g/mol. The lowest BCUT2D eigenvalue weighted by Crippen LogP contribution is -2.25. The molecule has 0 radical (unpaired) electrons. The van der Waals surface area contributed by atoms with Gasteiger partial charge in [0.25, 0.3) is 0 Å². The van der Waals surface area contributed by atoms with Crippen LogP contribution < -0.4 is 5.73 Å². The zero-order valence-electron chi connectivity index (χ0n) is 9.99. The van der Waals surface area contributed by atoms with Gasteiger partial charge >= 0.3 is 0 Å². The number of halogens is 2. The zero-order valence-corrected chi connectivity index (χ0v) is 12.4. The van der Waals surface area contributed by atoms with Crippen molar-refractivity contribution in [2.75, 3.05) is 0 Å². The van der Waals surface area contributed by atoms with Crippen molar-refractivity contribution in [3.8, 4) is 0 Å². The van der Waals surface area contributed by atoms with Crippen molar-refractivity contribution in [3.63, 3.8) is 0 Å². The molecule has 0 amide bonds. The summed E-state index contributed by atoms with van der Waals surface area (Å²) in [5, 5.41) is 3.07. The Kier molecular flexibility index (Phi) is 4.48. The van der Waals surface area contributed by atoms with Gasteiger partial charge in [-0.25, -0.2) is 9.37 Å². The van der Waals surface area contributed by atoms with Crippen molar-refractivity contribution >= 4 is 27.3 Å². The second kappa shape index (κ2) is 5.91. The van der Waals surface area contributed by atoms with Crippen LogP contribution >= 0.6 is 27.3 Å². The van der Waals surface area contributed by atoms with Crippen molar-refractivity contribution in [2.24, 2.45) is 5.73 Å². The maximum atomic E-state index is 13.2. The summed E-state index contributed by atoms with van der Waals surface area (Å²) >= 11 is 5.04. The Hall–Kier alpha value is -0.780. The van der Waals surface area contributed by atoms with Crippen LogP contribution in [0.3, 0.4) is 0 Å². The molecule has 0 saturated carbocycles. The fourth-order valence-electron chi connectivity index (χ4n) is 1.82. The number of hydrogen-bond donors (Lipinski definition) is 1. The van der Waals surface area contributed by atoms with Gasteiger partial charge in [-0.3, -0.25) is 0 Å². The molecule has 2 rings (SSSR count). The third-order valence-electron chi connectivity index (χ3n) is 2.63. The summed E-state index contributed by atoms with van der Waals surface area (Å²) in [7, 11) is 0. The summed E-state index contributed by atoms with van der Waals surface area (Å²) in [4.78, 5) is 4.38. The molecule has 0 aliphatic heterocycles. The Bertz CT molecular complexity index is 542. The molecule has 96 valence electrons. The first-order valence-corrected chi connectivity index (χ1v) is 7.32. The number of rotatable bonds is 4. The van der Waals surface area contributed by atoms with E-state index < -0.39 is 0 Å². The van der Waals surface area contributed by atoms with Crippen molar-refractivity contribution in [1.29, 1.82) is 0 Å². The molecule has 2 aromatic rings. The minimum absolute atomic E-state index is 0.0513. The molecule has 1 unspecified atom stereocenters. The third kappa shape index (κ3) is 3.60. The number of thiazole rings is 1. The van der Waals surface area contributed by atoms with Crippen LogP contribution in [-0.4, -0.2) is 11.0 Å². The Morgan fingerprint density at radius 1 is 1.44 bits per heavy atom. The van der Waals surface area contributed by atoms with E-state index in [2.05, 4.69) is 20.9 Å². The quantitative estimate of drug-likeness (QED) is 0.933. The predicted octanol–water partition coefficient (Wildman–Crippen LogP) is 3.47. The highest BCUT2D eigenvalue weighted by molar-refractivity contribution is 9.10. The summed E-state index contributed by atoms with van der Waals surface area (Å²) in [5.41, 5.74) is 8.00. The molecule has 1 atom stereocenters. The first kappa shape index (κ1) is 13.6. The second-order valence-electron chi connectivity index (χ2n) is 4.26. The SMILES string of the molecule is Cc1nc(CC(N)Cc2cc(F)ccc2Br)cs1. The summed E-state index contributed by atoms with van der Waals surface area (Å²) in [6.07, 6.45) is 1.35. The van der Waals surface area contributed by atoms with Gasteiger partial charge in [0.15, 0.2) is 0 Å². The zero-order chi connectivity index (χ0) is 13.1. The maximum Gasteiger partial charge on any atom is 0.123 e. The Morgan fingerprint density at radius 3 is 2.89 bits per heavy atom. The lowest BCUT2D eigenvalue weighted by atomic mass is 10.0. The first-order chi connectivity index (χ1) is 8.54. The van der Waals surface area contributed by atoms with Crippen LogP contribution in [0.15, 0.2) is 28.1 Å². The number of hydrogen-bond acceptors (Lipinski definition) is 3. The Morgan fingerprint density at radius 2 is 2.22 bits per heavy atom. The number of nitrogens with zero attached hydrogens (tertiary/aromatic N) is 1. The normalized spacial score (nSPS) is 12.7. The molecule has 1 aromatic carbocycles. The summed E-state index contributed by atoms with van der Waals surface area (Å²) in [6.45, 7) is 1.98. The number of nitrogens with two attached hydrogens (primary N) is 1.